The number of piperazine rings is 1. The Balaban J connectivity index is 1.47. The molecule has 0 saturated carbocycles. The van der Waals surface area contributed by atoms with E-state index < -0.39 is 0 Å². The van der Waals surface area contributed by atoms with E-state index in [9.17, 15) is 0 Å². The minimum Gasteiger partial charge on any atom is -0.356 e. The maximum atomic E-state index is 3.31. The van der Waals surface area contributed by atoms with Crippen molar-refractivity contribution in [2.24, 2.45) is 0 Å². The molecule has 0 spiro atoms. The van der Waals surface area contributed by atoms with Crippen molar-refractivity contribution in [1.82, 2.24) is 14.8 Å². The first-order chi connectivity index (χ1) is 11.7. The van der Waals surface area contributed by atoms with Gasteiger partial charge in [-0.25, -0.2) is 0 Å². The fourth-order valence-corrected chi connectivity index (χ4v) is 3.65. The van der Waals surface area contributed by atoms with E-state index in [1.807, 2.05) is 6.20 Å². The first-order valence-corrected chi connectivity index (χ1v) is 8.78. The first kappa shape index (κ1) is 15.5. The zero-order chi connectivity index (χ0) is 16.5. The number of benzene rings is 1. The van der Waals surface area contributed by atoms with Gasteiger partial charge in [0.15, 0.2) is 0 Å². The summed E-state index contributed by atoms with van der Waals surface area (Å²) in [7, 11) is 4.35. The molecule has 0 unspecified atom stereocenters. The molecular formula is C20H26N4. The lowest BCUT2D eigenvalue weighted by molar-refractivity contribution is 0.148. The molecule has 1 aromatic carbocycles. The van der Waals surface area contributed by atoms with E-state index in [-0.39, 0.29) is 0 Å². The van der Waals surface area contributed by atoms with Crippen molar-refractivity contribution >= 4 is 17.5 Å². The Bertz CT molecular complexity index is 720. The Morgan fingerprint density at radius 1 is 0.958 bits per heavy atom. The van der Waals surface area contributed by atoms with Crippen LogP contribution >= 0.6 is 0 Å². The molecule has 4 rings (SSSR count). The highest BCUT2D eigenvalue weighted by atomic mass is 15.2. The van der Waals surface area contributed by atoms with Gasteiger partial charge in [-0.2, -0.15) is 0 Å². The molecule has 0 radical (unpaired) electrons. The highest BCUT2D eigenvalue weighted by Crippen LogP contribution is 2.30. The third-order valence-electron chi connectivity index (χ3n) is 5.20. The van der Waals surface area contributed by atoms with E-state index in [0.29, 0.717) is 0 Å². The van der Waals surface area contributed by atoms with Gasteiger partial charge >= 0.3 is 0 Å². The number of hydrogen-bond donors (Lipinski definition) is 1. The van der Waals surface area contributed by atoms with Gasteiger partial charge in [-0.15, -0.1) is 0 Å². The minimum absolute atomic E-state index is 0.950. The van der Waals surface area contributed by atoms with Crippen LogP contribution < -0.4 is 4.90 Å². The quantitative estimate of drug-likeness (QED) is 0.941. The molecule has 1 aromatic heterocycles. The lowest BCUT2D eigenvalue weighted by Gasteiger charge is -2.32. The van der Waals surface area contributed by atoms with E-state index in [0.717, 1.165) is 13.1 Å². The predicted octanol–water partition coefficient (Wildman–Crippen LogP) is 2.75. The fraction of sp³-hybridized carbons (Fsp3) is 0.400. The first-order valence-electron chi connectivity index (χ1n) is 8.78. The van der Waals surface area contributed by atoms with Crippen molar-refractivity contribution in [2.75, 3.05) is 51.7 Å². The number of nitrogens with one attached hydrogen (secondary N) is 1. The lowest BCUT2D eigenvalue weighted by atomic mass is 9.99. The highest BCUT2D eigenvalue weighted by molar-refractivity contribution is 5.90. The summed E-state index contributed by atoms with van der Waals surface area (Å²) in [5.74, 6) is 1.21. The van der Waals surface area contributed by atoms with Gasteiger partial charge in [-0.3, -0.25) is 4.90 Å². The minimum atomic E-state index is 0.950. The van der Waals surface area contributed by atoms with Gasteiger partial charge < -0.3 is 14.8 Å². The molecule has 24 heavy (non-hydrogen) atoms. The van der Waals surface area contributed by atoms with Gasteiger partial charge in [0.1, 0.15) is 5.82 Å². The topological polar surface area (TPSA) is 25.5 Å². The van der Waals surface area contributed by atoms with Crippen molar-refractivity contribution in [3.8, 4) is 0 Å². The number of H-pyrrole nitrogens is 1. The van der Waals surface area contributed by atoms with Gasteiger partial charge in [0.05, 0.1) is 0 Å². The normalized spacial score (nSPS) is 19.2. The molecule has 1 saturated heterocycles. The molecule has 0 amide bonds. The molecular weight excluding hydrogens is 296 g/mol. The molecule has 126 valence electrons. The number of anilines is 1. The second-order valence-corrected chi connectivity index (χ2v) is 7.08. The van der Waals surface area contributed by atoms with E-state index >= 15 is 0 Å². The summed E-state index contributed by atoms with van der Waals surface area (Å²) in [6, 6.07) is 11.3. The largest absolute Gasteiger partial charge is 0.356 e. The number of hydrogen-bond acceptors (Lipinski definition) is 3. The van der Waals surface area contributed by atoms with Crippen molar-refractivity contribution in [3.63, 3.8) is 0 Å². The number of aromatic nitrogens is 1. The second kappa shape index (κ2) is 6.46. The van der Waals surface area contributed by atoms with Gasteiger partial charge in [0, 0.05) is 58.1 Å². The summed E-state index contributed by atoms with van der Waals surface area (Å²) in [5, 5.41) is 0. The number of nitrogens with zero attached hydrogens (tertiary/aromatic N) is 3. The van der Waals surface area contributed by atoms with Crippen molar-refractivity contribution in [2.45, 2.75) is 6.54 Å². The zero-order valence-electron chi connectivity index (χ0n) is 14.6. The van der Waals surface area contributed by atoms with E-state index in [4.69, 9.17) is 0 Å². The molecule has 1 fully saturated rings. The van der Waals surface area contributed by atoms with E-state index in [2.05, 4.69) is 70.2 Å². The third-order valence-corrected chi connectivity index (χ3v) is 5.20. The SMILES string of the molecule is CN1CCN(Cc2ccc(C3=Cc4cc[nH]c4N(C)C3)cc2)CC1. The standard InChI is InChI=1S/C20H26N4/c1-22-9-11-24(12-10-22)14-16-3-5-17(6-4-16)19-13-18-7-8-21-20(18)23(2)15-19/h3-8,13,21H,9-12,14-15H2,1-2H3. The summed E-state index contributed by atoms with van der Waals surface area (Å²) in [6.45, 7) is 6.71. The van der Waals surface area contributed by atoms with Crippen LogP contribution in [0.15, 0.2) is 36.5 Å². The number of aromatic amines is 1. The van der Waals surface area contributed by atoms with E-state index in [1.165, 1.54) is 54.3 Å². The van der Waals surface area contributed by atoms with Crippen LogP contribution in [0.25, 0.3) is 11.6 Å². The Hall–Kier alpha value is -2.04. The highest BCUT2D eigenvalue weighted by Gasteiger charge is 2.17. The summed E-state index contributed by atoms with van der Waals surface area (Å²) in [5.41, 5.74) is 5.40. The number of fused-ring (bicyclic) bond motifs is 1. The van der Waals surface area contributed by atoms with Crippen LogP contribution in [-0.2, 0) is 6.54 Å². The van der Waals surface area contributed by atoms with Gasteiger partial charge in [0.25, 0.3) is 0 Å². The average Bonchev–Trinajstić information content (AvgIpc) is 3.07. The second-order valence-electron chi connectivity index (χ2n) is 7.08. The molecule has 0 bridgehead atoms. The average molecular weight is 322 g/mol. The van der Waals surface area contributed by atoms with Gasteiger partial charge in [-0.05, 0) is 35.9 Å². The van der Waals surface area contributed by atoms with Crippen LogP contribution in [0.2, 0.25) is 0 Å². The molecule has 2 aliphatic rings. The van der Waals surface area contributed by atoms with Gasteiger partial charge in [0.2, 0.25) is 0 Å². The molecule has 3 heterocycles. The molecule has 1 N–H and O–H groups in total. The van der Waals surface area contributed by atoms with Gasteiger partial charge in [-0.1, -0.05) is 24.3 Å². The van der Waals surface area contributed by atoms with Crippen molar-refractivity contribution in [3.05, 3.63) is 53.2 Å². The summed E-state index contributed by atoms with van der Waals surface area (Å²) < 4.78 is 0. The summed E-state index contributed by atoms with van der Waals surface area (Å²) in [4.78, 5) is 10.5. The molecule has 0 aliphatic carbocycles. The van der Waals surface area contributed by atoms with Crippen LogP contribution in [0, 0.1) is 0 Å². The van der Waals surface area contributed by atoms with Crippen LogP contribution in [0.4, 0.5) is 5.82 Å². The lowest BCUT2D eigenvalue weighted by Crippen LogP contribution is -2.43. The Kier molecular flexibility index (Phi) is 4.17. The molecule has 4 heteroatoms. The summed E-state index contributed by atoms with van der Waals surface area (Å²) >= 11 is 0. The van der Waals surface area contributed by atoms with Crippen molar-refractivity contribution in [1.29, 1.82) is 0 Å². The maximum absolute atomic E-state index is 3.31. The summed E-state index contributed by atoms with van der Waals surface area (Å²) in [6.07, 6.45) is 4.32. The third kappa shape index (κ3) is 3.12. The fourth-order valence-electron chi connectivity index (χ4n) is 3.65. The van der Waals surface area contributed by atoms with E-state index in [1.54, 1.807) is 0 Å². The maximum Gasteiger partial charge on any atom is 0.113 e. The van der Waals surface area contributed by atoms with Crippen LogP contribution in [0.5, 0.6) is 0 Å². The van der Waals surface area contributed by atoms with Crippen molar-refractivity contribution < 1.29 is 0 Å². The number of likely N-dealkylation sites (N-methyl/N-ethyl adjacent to an activating group) is 2. The van der Waals surface area contributed by atoms with Crippen LogP contribution in [0.1, 0.15) is 16.7 Å². The Morgan fingerprint density at radius 3 is 2.46 bits per heavy atom. The number of rotatable bonds is 3. The monoisotopic (exact) mass is 322 g/mol. The Labute approximate surface area is 144 Å². The molecule has 4 nitrogen and oxygen atoms in total. The van der Waals surface area contributed by atoms with Crippen LogP contribution in [-0.4, -0.2) is 61.6 Å². The molecule has 2 aliphatic heterocycles. The molecule has 2 aromatic rings. The molecule has 0 atom stereocenters. The Morgan fingerprint density at radius 2 is 1.71 bits per heavy atom. The van der Waals surface area contributed by atoms with Crippen LogP contribution in [0.3, 0.4) is 0 Å². The predicted molar refractivity (Wildman–Crippen MR) is 101 cm³/mol. The smallest absolute Gasteiger partial charge is 0.113 e. The zero-order valence-corrected chi connectivity index (χ0v) is 14.6.